The number of hydrogen-bond acceptors (Lipinski definition) is 5. The smallest absolute Gasteiger partial charge is 0.255 e. The van der Waals surface area contributed by atoms with E-state index in [4.69, 9.17) is 9.72 Å². The summed E-state index contributed by atoms with van der Waals surface area (Å²) >= 11 is 1.69. The minimum absolute atomic E-state index is 0.160. The Hall–Kier alpha value is -2.86. The van der Waals surface area contributed by atoms with Crippen LogP contribution in [0.5, 0.6) is 5.75 Å². The lowest BCUT2D eigenvalue weighted by Crippen LogP contribution is -2.33. The number of nitrogens with one attached hydrogen (secondary N) is 1. The van der Waals surface area contributed by atoms with Crippen LogP contribution >= 0.6 is 11.3 Å². The second-order valence-corrected chi connectivity index (χ2v) is 8.52. The van der Waals surface area contributed by atoms with Crippen molar-refractivity contribution in [2.75, 3.05) is 24.4 Å². The highest BCUT2D eigenvalue weighted by atomic mass is 32.1. The summed E-state index contributed by atoms with van der Waals surface area (Å²) in [6.45, 7) is 0. The summed E-state index contributed by atoms with van der Waals surface area (Å²) in [4.78, 5) is 19.7. The van der Waals surface area contributed by atoms with Crippen LogP contribution in [0.2, 0.25) is 0 Å². The van der Waals surface area contributed by atoms with Gasteiger partial charge < -0.3 is 15.0 Å². The SMILES string of the molecule is COc1cccc(C(=O)Nc2ccc(-c3csc(N(C)C4CCCCC4)n3)cc2)c1. The van der Waals surface area contributed by atoms with Gasteiger partial charge in [-0.2, -0.15) is 0 Å². The van der Waals surface area contributed by atoms with Crippen molar-refractivity contribution in [3.05, 3.63) is 59.5 Å². The van der Waals surface area contributed by atoms with Crippen molar-refractivity contribution in [1.29, 1.82) is 0 Å². The van der Waals surface area contributed by atoms with Gasteiger partial charge >= 0.3 is 0 Å². The van der Waals surface area contributed by atoms with Crippen LogP contribution in [0.25, 0.3) is 11.3 Å². The number of nitrogens with zero attached hydrogens (tertiary/aromatic N) is 2. The van der Waals surface area contributed by atoms with Crippen molar-refractivity contribution < 1.29 is 9.53 Å². The molecule has 0 atom stereocenters. The molecule has 1 saturated carbocycles. The van der Waals surface area contributed by atoms with Crippen LogP contribution in [-0.2, 0) is 0 Å². The van der Waals surface area contributed by atoms with Crippen molar-refractivity contribution >= 4 is 28.1 Å². The summed E-state index contributed by atoms with van der Waals surface area (Å²) < 4.78 is 5.19. The largest absolute Gasteiger partial charge is 0.497 e. The topological polar surface area (TPSA) is 54.5 Å². The minimum Gasteiger partial charge on any atom is -0.497 e. The van der Waals surface area contributed by atoms with E-state index in [9.17, 15) is 4.79 Å². The van der Waals surface area contributed by atoms with Crippen LogP contribution < -0.4 is 15.0 Å². The van der Waals surface area contributed by atoms with Crippen molar-refractivity contribution in [2.45, 2.75) is 38.1 Å². The zero-order valence-corrected chi connectivity index (χ0v) is 18.2. The average molecular weight is 422 g/mol. The Kier molecular flexibility index (Phi) is 6.33. The van der Waals surface area contributed by atoms with Gasteiger partial charge in [0.1, 0.15) is 5.75 Å². The fraction of sp³-hybridized carbons (Fsp3) is 0.333. The average Bonchev–Trinajstić information content (AvgIpc) is 3.30. The Labute approximate surface area is 181 Å². The molecule has 1 heterocycles. The molecule has 0 bridgehead atoms. The van der Waals surface area contributed by atoms with E-state index in [0.29, 0.717) is 17.4 Å². The highest BCUT2D eigenvalue weighted by Crippen LogP contribution is 2.31. The standard InChI is InChI=1S/C24H27N3O2S/c1-27(20-8-4-3-5-9-20)24-26-22(16-30-24)17-11-13-19(14-12-17)25-23(28)18-7-6-10-21(15-18)29-2/h6-7,10-16,20H,3-5,8-9H2,1-2H3,(H,25,28). The van der Waals surface area contributed by atoms with Crippen LogP contribution in [0.3, 0.4) is 0 Å². The maximum atomic E-state index is 12.5. The first kappa shape index (κ1) is 20.4. The molecule has 0 spiro atoms. The van der Waals surface area contributed by atoms with Gasteiger partial charge in [-0.1, -0.05) is 37.5 Å². The van der Waals surface area contributed by atoms with E-state index in [1.807, 2.05) is 30.3 Å². The van der Waals surface area contributed by atoms with Crippen molar-refractivity contribution in [1.82, 2.24) is 4.98 Å². The van der Waals surface area contributed by atoms with Crippen LogP contribution in [0.15, 0.2) is 53.9 Å². The quantitative estimate of drug-likeness (QED) is 0.543. The number of amides is 1. The third kappa shape index (κ3) is 4.65. The molecule has 2 aromatic carbocycles. The molecule has 0 saturated heterocycles. The van der Waals surface area contributed by atoms with Gasteiger partial charge in [0.25, 0.3) is 5.91 Å². The number of hydrogen-bond donors (Lipinski definition) is 1. The Morgan fingerprint density at radius 2 is 1.90 bits per heavy atom. The summed E-state index contributed by atoms with van der Waals surface area (Å²) in [5.41, 5.74) is 3.34. The zero-order valence-electron chi connectivity index (χ0n) is 17.4. The number of ether oxygens (including phenoxy) is 1. The van der Waals surface area contributed by atoms with Gasteiger partial charge in [-0.05, 0) is 43.2 Å². The molecule has 0 unspecified atom stereocenters. The molecule has 3 aromatic rings. The lowest BCUT2D eigenvalue weighted by Gasteiger charge is -2.30. The Morgan fingerprint density at radius 3 is 2.63 bits per heavy atom. The van der Waals surface area contributed by atoms with E-state index in [1.54, 1.807) is 36.6 Å². The van der Waals surface area contributed by atoms with Gasteiger partial charge in [-0.25, -0.2) is 4.98 Å². The van der Waals surface area contributed by atoms with Crippen molar-refractivity contribution in [3.8, 4) is 17.0 Å². The van der Waals surface area contributed by atoms with Gasteiger partial charge in [-0.3, -0.25) is 4.79 Å². The van der Waals surface area contributed by atoms with E-state index in [1.165, 1.54) is 32.1 Å². The van der Waals surface area contributed by atoms with E-state index >= 15 is 0 Å². The number of benzene rings is 2. The lowest BCUT2D eigenvalue weighted by molar-refractivity contribution is 0.102. The first-order chi connectivity index (χ1) is 14.6. The molecule has 30 heavy (non-hydrogen) atoms. The maximum Gasteiger partial charge on any atom is 0.255 e. The van der Waals surface area contributed by atoms with Gasteiger partial charge in [0.15, 0.2) is 5.13 Å². The molecule has 1 amide bonds. The number of aromatic nitrogens is 1. The van der Waals surface area contributed by atoms with Crippen LogP contribution in [-0.4, -0.2) is 31.1 Å². The molecular formula is C24H27N3O2S. The number of thiazole rings is 1. The highest BCUT2D eigenvalue weighted by molar-refractivity contribution is 7.14. The van der Waals surface area contributed by atoms with Crippen LogP contribution in [0.1, 0.15) is 42.5 Å². The second-order valence-electron chi connectivity index (χ2n) is 7.68. The van der Waals surface area contributed by atoms with E-state index in [-0.39, 0.29) is 5.91 Å². The molecule has 5 nitrogen and oxygen atoms in total. The lowest BCUT2D eigenvalue weighted by atomic mass is 9.95. The molecule has 0 aliphatic heterocycles. The fourth-order valence-corrected chi connectivity index (χ4v) is 4.75. The Bertz CT molecular complexity index is 994. The molecule has 1 aliphatic rings. The zero-order chi connectivity index (χ0) is 20.9. The predicted octanol–water partition coefficient (Wildman–Crippen LogP) is 5.84. The van der Waals surface area contributed by atoms with Crippen molar-refractivity contribution in [3.63, 3.8) is 0 Å². The number of anilines is 2. The molecule has 0 radical (unpaired) electrons. The second kappa shape index (κ2) is 9.30. The van der Waals surface area contributed by atoms with E-state index in [0.717, 1.165) is 22.1 Å². The number of rotatable bonds is 6. The highest BCUT2D eigenvalue weighted by Gasteiger charge is 2.20. The molecule has 1 fully saturated rings. The summed E-state index contributed by atoms with van der Waals surface area (Å²) in [5.74, 6) is 0.502. The molecule has 1 N–H and O–H groups in total. The molecule has 4 rings (SSSR count). The van der Waals surface area contributed by atoms with E-state index in [2.05, 4.69) is 22.6 Å². The summed E-state index contributed by atoms with van der Waals surface area (Å²) in [6.07, 6.45) is 6.50. The normalized spacial score (nSPS) is 14.3. The minimum atomic E-state index is -0.160. The van der Waals surface area contributed by atoms with Gasteiger partial charge in [-0.15, -0.1) is 11.3 Å². The fourth-order valence-electron chi connectivity index (χ4n) is 3.88. The van der Waals surface area contributed by atoms with Crippen LogP contribution in [0.4, 0.5) is 10.8 Å². The summed E-state index contributed by atoms with van der Waals surface area (Å²) in [6, 6.07) is 15.6. The van der Waals surface area contributed by atoms with Crippen molar-refractivity contribution in [2.24, 2.45) is 0 Å². The molecule has 1 aliphatic carbocycles. The summed E-state index contributed by atoms with van der Waals surface area (Å²) in [5, 5.41) is 6.12. The molecule has 156 valence electrons. The monoisotopic (exact) mass is 421 g/mol. The first-order valence-corrected chi connectivity index (χ1v) is 11.3. The number of methoxy groups -OCH3 is 1. The van der Waals surface area contributed by atoms with Gasteiger partial charge in [0.2, 0.25) is 0 Å². The Morgan fingerprint density at radius 1 is 1.13 bits per heavy atom. The number of carbonyl (C=O) groups is 1. The maximum absolute atomic E-state index is 12.5. The van der Waals surface area contributed by atoms with Gasteiger partial charge in [0, 0.05) is 35.3 Å². The van der Waals surface area contributed by atoms with Crippen LogP contribution in [0, 0.1) is 0 Å². The first-order valence-electron chi connectivity index (χ1n) is 10.4. The Balaban J connectivity index is 1.42. The molecule has 6 heteroatoms. The summed E-state index contributed by atoms with van der Waals surface area (Å²) in [7, 11) is 3.75. The molecular weight excluding hydrogens is 394 g/mol. The van der Waals surface area contributed by atoms with Gasteiger partial charge in [0.05, 0.1) is 12.8 Å². The third-order valence-electron chi connectivity index (χ3n) is 5.69. The third-order valence-corrected chi connectivity index (χ3v) is 6.62. The number of carbonyl (C=O) groups excluding carboxylic acids is 1. The molecule has 1 aromatic heterocycles. The van der Waals surface area contributed by atoms with E-state index < -0.39 is 0 Å². The predicted molar refractivity (Wildman–Crippen MR) is 124 cm³/mol.